The molecule has 0 radical (unpaired) electrons. The highest BCUT2D eigenvalue weighted by molar-refractivity contribution is 5.78. The van der Waals surface area contributed by atoms with Crippen molar-refractivity contribution in [1.29, 1.82) is 0 Å². The molecule has 0 unspecified atom stereocenters. The predicted octanol–water partition coefficient (Wildman–Crippen LogP) is 4.00. The van der Waals surface area contributed by atoms with Gasteiger partial charge in [-0.05, 0) is 32.8 Å². The number of halogens is 3. The van der Waals surface area contributed by atoms with Gasteiger partial charge in [-0.25, -0.2) is 0 Å². The standard InChI is InChI=1S/C7H9F3N2.C6H10O/c1-5(2)12-4-3-6(11-12)7(8,9)10;7-6-4-2-1-3-5-6/h3-5H,1-2H3;1-5H2. The van der Waals surface area contributed by atoms with E-state index < -0.39 is 11.9 Å². The number of ketones is 1. The van der Waals surface area contributed by atoms with Crippen LogP contribution in [0.15, 0.2) is 12.3 Å². The summed E-state index contributed by atoms with van der Waals surface area (Å²) in [6, 6.07) is 0.932. The van der Waals surface area contributed by atoms with E-state index in [-0.39, 0.29) is 6.04 Å². The highest BCUT2D eigenvalue weighted by atomic mass is 19.4. The molecule has 6 heteroatoms. The highest BCUT2D eigenvalue weighted by Gasteiger charge is 2.33. The molecule has 1 fully saturated rings. The number of carbonyl (C=O) groups excluding carboxylic acids is 1. The predicted molar refractivity (Wildman–Crippen MR) is 65.7 cm³/mol. The summed E-state index contributed by atoms with van der Waals surface area (Å²) in [5.41, 5.74) is -0.837. The van der Waals surface area contributed by atoms with Crippen molar-refractivity contribution >= 4 is 5.78 Å². The minimum absolute atomic E-state index is 0.0406. The van der Waals surface area contributed by atoms with Gasteiger partial charge in [0.25, 0.3) is 0 Å². The van der Waals surface area contributed by atoms with Gasteiger partial charge in [0.05, 0.1) is 0 Å². The first-order chi connectivity index (χ1) is 8.80. The Morgan fingerprint density at radius 2 is 1.79 bits per heavy atom. The van der Waals surface area contributed by atoms with Gasteiger partial charge in [0.1, 0.15) is 5.78 Å². The average Bonchev–Trinajstić information content (AvgIpc) is 2.79. The molecular formula is C13H19F3N2O. The Labute approximate surface area is 110 Å². The molecule has 0 aliphatic heterocycles. The lowest BCUT2D eigenvalue weighted by molar-refractivity contribution is -0.141. The van der Waals surface area contributed by atoms with Gasteiger partial charge in [-0.2, -0.15) is 18.3 Å². The number of carbonyl (C=O) groups is 1. The van der Waals surface area contributed by atoms with Crippen LogP contribution < -0.4 is 0 Å². The van der Waals surface area contributed by atoms with Crippen molar-refractivity contribution in [2.45, 2.75) is 58.2 Å². The summed E-state index contributed by atoms with van der Waals surface area (Å²) in [4.78, 5) is 10.5. The van der Waals surface area contributed by atoms with E-state index in [2.05, 4.69) is 5.10 Å². The van der Waals surface area contributed by atoms with Gasteiger partial charge in [-0.15, -0.1) is 0 Å². The molecule has 0 spiro atoms. The fourth-order valence-electron chi connectivity index (χ4n) is 1.72. The zero-order valence-electron chi connectivity index (χ0n) is 11.2. The normalized spacial score (nSPS) is 16.2. The maximum absolute atomic E-state index is 12.0. The molecule has 2 rings (SSSR count). The van der Waals surface area contributed by atoms with Gasteiger partial charge >= 0.3 is 6.18 Å². The second-order valence-electron chi connectivity index (χ2n) is 4.87. The molecule has 0 atom stereocenters. The van der Waals surface area contributed by atoms with Gasteiger partial charge in [0.15, 0.2) is 5.69 Å². The molecule has 0 bridgehead atoms. The van der Waals surface area contributed by atoms with E-state index in [1.165, 1.54) is 17.3 Å². The van der Waals surface area contributed by atoms with Crippen LogP contribution in [0.1, 0.15) is 57.7 Å². The first-order valence-electron chi connectivity index (χ1n) is 6.44. The molecule has 1 aliphatic carbocycles. The van der Waals surface area contributed by atoms with Crippen molar-refractivity contribution in [1.82, 2.24) is 9.78 Å². The zero-order chi connectivity index (χ0) is 14.5. The Morgan fingerprint density at radius 1 is 1.21 bits per heavy atom. The van der Waals surface area contributed by atoms with Crippen molar-refractivity contribution in [3.8, 4) is 0 Å². The molecule has 0 aromatic carbocycles. The Kier molecular flexibility index (Phi) is 5.57. The fraction of sp³-hybridized carbons (Fsp3) is 0.692. The van der Waals surface area contributed by atoms with E-state index in [1.807, 2.05) is 0 Å². The summed E-state index contributed by atoms with van der Waals surface area (Å²) >= 11 is 0. The van der Waals surface area contributed by atoms with Crippen LogP contribution in [-0.2, 0) is 11.0 Å². The molecular weight excluding hydrogens is 257 g/mol. The van der Waals surface area contributed by atoms with Gasteiger partial charge in [-0.1, -0.05) is 6.42 Å². The van der Waals surface area contributed by atoms with Gasteiger partial charge in [-0.3, -0.25) is 9.48 Å². The zero-order valence-corrected chi connectivity index (χ0v) is 11.2. The maximum Gasteiger partial charge on any atom is 0.435 e. The van der Waals surface area contributed by atoms with Crippen molar-refractivity contribution in [2.24, 2.45) is 0 Å². The molecule has 108 valence electrons. The number of rotatable bonds is 1. The molecule has 0 amide bonds. The SMILES string of the molecule is CC(C)n1ccc(C(F)(F)F)n1.O=C1CCCCC1. The second-order valence-corrected chi connectivity index (χ2v) is 4.87. The topological polar surface area (TPSA) is 34.9 Å². The monoisotopic (exact) mass is 276 g/mol. The first-order valence-corrected chi connectivity index (χ1v) is 6.44. The van der Waals surface area contributed by atoms with Crippen LogP contribution >= 0.6 is 0 Å². The summed E-state index contributed by atoms with van der Waals surface area (Å²) in [5, 5.41) is 3.37. The first kappa shape index (κ1) is 15.7. The minimum Gasteiger partial charge on any atom is -0.300 e. The van der Waals surface area contributed by atoms with Crippen molar-refractivity contribution in [3.05, 3.63) is 18.0 Å². The van der Waals surface area contributed by atoms with Crippen LogP contribution in [0.2, 0.25) is 0 Å². The molecule has 1 heterocycles. The lowest BCUT2D eigenvalue weighted by Crippen LogP contribution is -2.08. The largest absolute Gasteiger partial charge is 0.435 e. The third-order valence-electron chi connectivity index (χ3n) is 2.84. The lowest BCUT2D eigenvalue weighted by atomic mass is 10.00. The van der Waals surface area contributed by atoms with E-state index in [0.29, 0.717) is 5.78 Å². The molecule has 1 aromatic heterocycles. The second kappa shape index (κ2) is 6.73. The minimum atomic E-state index is -4.33. The number of nitrogens with zero attached hydrogens (tertiary/aromatic N) is 2. The molecule has 19 heavy (non-hydrogen) atoms. The number of alkyl halides is 3. The van der Waals surface area contributed by atoms with Crippen LogP contribution in [0.3, 0.4) is 0 Å². The third-order valence-corrected chi connectivity index (χ3v) is 2.84. The van der Waals surface area contributed by atoms with E-state index in [1.54, 1.807) is 13.8 Å². The summed E-state index contributed by atoms with van der Waals surface area (Å²) < 4.78 is 37.2. The summed E-state index contributed by atoms with van der Waals surface area (Å²) in [6.45, 7) is 3.54. The van der Waals surface area contributed by atoms with Crippen molar-refractivity contribution in [2.75, 3.05) is 0 Å². The van der Waals surface area contributed by atoms with E-state index >= 15 is 0 Å². The summed E-state index contributed by atoms with van der Waals surface area (Å²) in [5.74, 6) is 0.464. The van der Waals surface area contributed by atoms with E-state index in [0.717, 1.165) is 31.7 Å². The van der Waals surface area contributed by atoms with Crippen LogP contribution in [0, 0.1) is 0 Å². The lowest BCUT2D eigenvalue weighted by Gasteiger charge is -2.05. The Morgan fingerprint density at radius 3 is 2.05 bits per heavy atom. The van der Waals surface area contributed by atoms with Gasteiger partial charge < -0.3 is 0 Å². The molecule has 1 saturated carbocycles. The van der Waals surface area contributed by atoms with Gasteiger partial charge in [0.2, 0.25) is 0 Å². The number of hydrogen-bond donors (Lipinski definition) is 0. The Hall–Kier alpha value is -1.33. The van der Waals surface area contributed by atoms with E-state index in [4.69, 9.17) is 0 Å². The smallest absolute Gasteiger partial charge is 0.300 e. The van der Waals surface area contributed by atoms with Crippen molar-refractivity contribution in [3.63, 3.8) is 0 Å². The highest BCUT2D eigenvalue weighted by Crippen LogP contribution is 2.27. The van der Waals surface area contributed by atoms with Crippen LogP contribution in [0.4, 0.5) is 13.2 Å². The van der Waals surface area contributed by atoms with E-state index in [9.17, 15) is 18.0 Å². The van der Waals surface area contributed by atoms with Crippen LogP contribution in [0.5, 0.6) is 0 Å². The molecule has 1 aromatic rings. The summed E-state index contributed by atoms with van der Waals surface area (Å²) in [7, 11) is 0. The fourth-order valence-corrected chi connectivity index (χ4v) is 1.72. The molecule has 0 N–H and O–H groups in total. The number of hydrogen-bond acceptors (Lipinski definition) is 2. The van der Waals surface area contributed by atoms with Crippen LogP contribution in [-0.4, -0.2) is 15.6 Å². The number of aromatic nitrogens is 2. The Bertz CT molecular complexity index is 402. The average molecular weight is 276 g/mol. The van der Waals surface area contributed by atoms with Gasteiger partial charge in [0, 0.05) is 25.1 Å². The summed E-state index contributed by atoms with van der Waals surface area (Å²) in [6.07, 6.45) is 2.23. The van der Waals surface area contributed by atoms with Crippen LogP contribution in [0.25, 0.3) is 0 Å². The molecule has 3 nitrogen and oxygen atoms in total. The van der Waals surface area contributed by atoms with Crippen molar-refractivity contribution < 1.29 is 18.0 Å². The number of Topliss-reactive ketones (excluding diaryl/α,β-unsaturated/α-hetero) is 1. The quantitative estimate of drug-likeness (QED) is 0.777. The third kappa shape index (κ3) is 5.44. The molecule has 0 saturated heterocycles. The maximum atomic E-state index is 12.0. The molecule has 1 aliphatic rings. The Balaban J connectivity index is 0.000000218.